The Bertz CT molecular complexity index is 235. The van der Waals surface area contributed by atoms with Gasteiger partial charge in [-0.2, -0.15) is 0 Å². The van der Waals surface area contributed by atoms with Crippen LogP contribution in [0.15, 0.2) is 0 Å². The van der Waals surface area contributed by atoms with Crippen molar-refractivity contribution in [2.45, 2.75) is 52.0 Å². The summed E-state index contributed by atoms with van der Waals surface area (Å²) in [6, 6.07) is 0.174. The molecule has 106 valence electrons. The highest BCUT2D eigenvalue weighted by Crippen LogP contribution is 2.26. The number of hydrogen-bond acceptors (Lipinski definition) is 3. The van der Waals surface area contributed by atoms with Crippen LogP contribution in [0.3, 0.4) is 0 Å². The Morgan fingerprint density at radius 3 is 2.39 bits per heavy atom. The standard InChI is InChI=1S/C14H29N3O/c1-3-17(4-2)11-14(18)16-13(10-15)12-8-6-5-7-9-12/h12-13H,3-11,15H2,1-2H3,(H,16,18). The molecular weight excluding hydrogens is 226 g/mol. The van der Waals surface area contributed by atoms with E-state index < -0.39 is 0 Å². The van der Waals surface area contributed by atoms with Crippen LogP contribution in [0.4, 0.5) is 0 Å². The number of amides is 1. The van der Waals surface area contributed by atoms with E-state index in [9.17, 15) is 4.79 Å². The number of nitrogens with one attached hydrogen (secondary N) is 1. The molecule has 0 bridgehead atoms. The van der Waals surface area contributed by atoms with E-state index in [-0.39, 0.29) is 11.9 Å². The number of hydrogen-bond donors (Lipinski definition) is 2. The predicted molar refractivity (Wildman–Crippen MR) is 75.3 cm³/mol. The van der Waals surface area contributed by atoms with Crippen molar-refractivity contribution in [1.29, 1.82) is 0 Å². The van der Waals surface area contributed by atoms with Crippen molar-refractivity contribution in [3.05, 3.63) is 0 Å². The fraction of sp³-hybridized carbons (Fsp3) is 0.929. The number of carbonyl (C=O) groups excluding carboxylic acids is 1. The van der Waals surface area contributed by atoms with E-state index in [1.54, 1.807) is 0 Å². The molecule has 1 unspecified atom stereocenters. The Morgan fingerprint density at radius 2 is 1.89 bits per heavy atom. The Balaban J connectivity index is 2.39. The number of likely N-dealkylation sites (N-methyl/N-ethyl adjacent to an activating group) is 1. The topological polar surface area (TPSA) is 58.4 Å². The molecule has 4 nitrogen and oxygen atoms in total. The van der Waals surface area contributed by atoms with Gasteiger partial charge in [-0.3, -0.25) is 9.69 Å². The normalized spacial score (nSPS) is 18.9. The van der Waals surface area contributed by atoms with Crippen LogP contribution < -0.4 is 11.1 Å². The molecule has 0 aromatic heterocycles. The van der Waals surface area contributed by atoms with Crippen molar-refractivity contribution in [1.82, 2.24) is 10.2 Å². The number of nitrogens with zero attached hydrogens (tertiary/aromatic N) is 1. The van der Waals surface area contributed by atoms with Gasteiger partial charge in [0.15, 0.2) is 0 Å². The van der Waals surface area contributed by atoms with Gasteiger partial charge in [0, 0.05) is 12.6 Å². The molecule has 4 heteroatoms. The summed E-state index contributed by atoms with van der Waals surface area (Å²) in [7, 11) is 0. The predicted octanol–water partition coefficient (Wildman–Crippen LogP) is 1.35. The maximum absolute atomic E-state index is 12.0. The molecule has 0 aliphatic heterocycles. The van der Waals surface area contributed by atoms with Crippen molar-refractivity contribution >= 4 is 5.91 Å². The number of carbonyl (C=O) groups is 1. The van der Waals surface area contributed by atoms with Gasteiger partial charge in [-0.25, -0.2) is 0 Å². The smallest absolute Gasteiger partial charge is 0.234 e. The second kappa shape index (κ2) is 8.48. The lowest BCUT2D eigenvalue weighted by Gasteiger charge is -2.30. The molecule has 1 saturated carbocycles. The van der Waals surface area contributed by atoms with Gasteiger partial charge in [-0.15, -0.1) is 0 Å². The van der Waals surface area contributed by atoms with Gasteiger partial charge in [0.25, 0.3) is 0 Å². The highest BCUT2D eigenvalue weighted by atomic mass is 16.2. The zero-order chi connectivity index (χ0) is 13.4. The number of nitrogens with two attached hydrogens (primary N) is 1. The molecule has 1 rings (SSSR count). The number of rotatable bonds is 7. The molecule has 1 fully saturated rings. The average Bonchev–Trinajstić information content (AvgIpc) is 2.43. The Hall–Kier alpha value is -0.610. The quantitative estimate of drug-likeness (QED) is 0.722. The van der Waals surface area contributed by atoms with E-state index >= 15 is 0 Å². The van der Waals surface area contributed by atoms with Crippen molar-refractivity contribution in [3.8, 4) is 0 Å². The third-order valence-corrected chi connectivity index (χ3v) is 4.08. The Labute approximate surface area is 111 Å². The monoisotopic (exact) mass is 255 g/mol. The molecule has 1 aliphatic carbocycles. The van der Waals surface area contributed by atoms with Gasteiger partial charge in [0.1, 0.15) is 0 Å². The van der Waals surface area contributed by atoms with Crippen LogP contribution in [0.2, 0.25) is 0 Å². The molecule has 0 aromatic carbocycles. The third-order valence-electron chi connectivity index (χ3n) is 4.08. The molecule has 0 heterocycles. The maximum atomic E-state index is 12.0. The highest BCUT2D eigenvalue weighted by molar-refractivity contribution is 5.78. The molecule has 0 aromatic rings. The van der Waals surface area contributed by atoms with E-state index in [4.69, 9.17) is 5.73 Å². The molecule has 0 saturated heterocycles. The molecule has 0 radical (unpaired) electrons. The van der Waals surface area contributed by atoms with E-state index in [0.717, 1.165) is 13.1 Å². The molecule has 1 atom stereocenters. The lowest BCUT2D eigenvalue weighted by atomic mass is 9.84. The van der Waals surface area contributed by atoms with Crippen LogP contribution in [0, 0.1) is 5.92 Å². The Morgan fingerprint density at radius 1 is 1.28 bits per heavy atom. The van der Waals surface area contributed by atoms with Crippen molar-refractivity contribution in [3.63, 3.8) is 0 Å². The van der Waals surface area contributed by atoms with E-state index in [1.807, 2.05) is 0 Å². The van der Waals surface area contributed by atoms with Gasteiger partial charge in [-0.05, 0) is 31.8 Å². The second-order valence-corrected chi connectivity index (χ2v) is 5.27. The van der Waals surface area contributed by atoms with Crippen LogP contribution in [-0.2, 0) is 4.79 Å². The van der Waals surface area contributed by atoms with Crippen molar-refractivity contribution < 1.29 is 4.79 Å². The first-order chi connectivity index (χ1) is 8.71. The van der Waals surface area contributed by atoms with Crippen LogP contribution in [-0.4, -0.2) is 43.0 Å². The molecular formula is C14H29N3O. The van der Waals surface area contributed by atoms with E-state index in [1.165, 1.54) is 32.1 Å². The van der Waals surface area contributed by atoms with Crippen molar-refractivity contribution in [2.75, 3.05) is 26.2 Å². The summed E-state index contributed by atoms with van der Waals surface area (Å²) in [4.78, 5) is 14.1. The van der Waals surface area contributed by atoms with Gasteiger partial charge >= 0.3 is 0 Å². The summed E-state index contributed by atoms with van der Waals surface area (Å²) in [5, 5.41) is 3.13. The lowest BCUT2D eigenvalue weighted by Crippen LogP contribution is -2.49. The first-order valence-corrected chi connectivity index (χ1v) is 7.43. The maximum Gasteiger partial charge on any atom is 0.234 e. The summed E-state index contributed by atoms with van der Waals surface area (Å²) in [5.41, 5.74) is 5.82. The SMILES string of the molecule is CCN(CC)CC(=O)NC(CN)C1CCCCC1. The molecule has 1 aliphatic rings. The van der Waals surface area contributed by atoms with Crippen LogP contribution in [0.1, 0.15) is 46.0 Å². The molecule has 1 amide bonds. The van der Waals surface area contributed by atoms with E-state index in [0.29, 0.717) is 19.0 Å². The van der Waals surface area contributed by atoms with Crippen molar-refractivity contribution in [2.24, 2.45) is 11.7 Å². The third kappa shape index (κ3) is 4.94. The minimum Gasteiger partial charge on any atom is -0.351 e. The zero-order valence-electron chi connectivity index (χ0n) is 12.0. The van der Waals surface area contributed by atoms with Crippen LogP contribution >= 0.6 is 0 Å². The first kappa shape index (κ1) is 15.4. The van der Waals surface area contributed by atoms with Crippen LogP contribution in [0.25, 0.3) is 0 Å². The average molecular weight is 255 g/mol. The largest absolute Gasteiger partial charge is 0.351 e. The van der Waals surface area contributed by atoms with E-state index in [2.05, 4.69) is 24.1 Å². The summed E-state index contributed by atoms with van der Waals surface area (Å²) in [6.07, 6.45) is 6.34. The first-order valence-electron chi connectivity index (χ1n) is 7.43. The minimum atomic E-state index is 0.125. The zero-order valence-corrected chi connectivity index (χ0v) is 12.0. The summed E-state index contributed by atoms with van der Waals surface area (Å²) in [6.45, 7) is 7.06. The van der Waals surface area contributed by atoms with Crippen LogP contribution in [0.5, 0.6) is 0 Å². The molecule has 0 spiro atoms. The van der Waals surface area contributed by atoms with Gasteiger partial charge in [0.2, 0.25) is 5.91 Å². The summed E-state index contributed by atoms with van der Waals surface area (Å²) in [5.74, 6) is 0.712. The van der Waals surface area contributed by atoms with Gasteiger partial charge in [0.05, 0.1) is 6.54 Å². The van der Waals surface area contributed by atoms with Gasteiger partial charge < -0.3 is 11.1 Å². The fourth-order valence-corrected chi connectivity index (χ4v) is 2.81. The molecule has 18 heavy (non-hydrogen) atoms. The Kier molecular flexibility index (Phi) is 7.28. The minimum absolute atomic E-state index is 0.125. The molecule has 3 N–H and O–H groups in total. The lowest BCUT2D eigenvalue weighted by molar-refractivity contribution is -0.123. The second-order valence-electron chi connectivity index (χ2n) is 5.27. The summed E-state index contributed by atoms with van der Waals surface area (Å²) >= 11 is 0. The van der Waals surface area contributed by atoms with Gasteiger partial charge in [-0.1, -0.05) is 33.1 Å². The highest BCUT2D eigenvalue weighted by Gasteiger charge is 2.24. The fourth-order valence-electron chi connectivity index (χ4n) is 2.81. The summed E-state index contributed by atoms with van der Waals surface area (Å²) < 4.78 is 0.